The maximum Gasteiger partial charge on any atom is 0.318 e. The third kappa shape index (κ3) is 2.96. The molecule has 0 aromatic carbocycles. The van der Waals surface area contributed by atoms with Crippen LogP contribution in [0.15, 0.2) is 24.4 Å². The molecule has 1 saturated carbocycles. The van der Waals surface area contributed by atoms with Crippen molar-refractivity contribution in [1.29, 1.82) is 5.26 Å². The highest BCUT2D eigenvalue weighted by atomic mass is 16.2. The fraction of sp³-hybridized carbons (Fsp3) is 0.500. The lowest BCUT2D eigenvalue weighted by Crippen LogP contribution is -2.45. The molecule has 6 rings (SSSR count). The number of likely N-dealkylation sites (tertiary alicyclic amines) is 1. The molecule has 7 nitrogen and oxygen atoms in total. The van der Waals surface area contributed by atoms with Crippen molar-refractivity contribution in [3.8, 4) is 17.3 Å². The SMILES string of the molecule is CC1C=Cc2cc(-c3cc4n(n3)CCC43CCN(C(=O)NC4(C#N)CC4)C3)cnc2C1. The van der Waals surface area contributed by atoms with Crippen LogP contribution in [0.4, 0.5) is 4.79 Å². The van der Waals surface area contributed by atoms with Gasteiger partial charge in [-0.1, -0.05) is 19.1 Å². The van der Waals surface area contributed by atoms with Crippen LogP contribution in [0.25, 0.3) is 17.3 Å². The Labute approximate surface area is 181 Å². The van der Waals surface area contributed by atoms with E-state index >= 15 is 0 Å². The van der Waals surface area contributed by atoms with Crippen molar-refractivity contribution in [3.63, 3.8) is 0 Å². The van der Waals surface area contributed by atoms with Gasteiger partial charge in [0.1, 0.15) is 5.54 Å². The summed E-state index contributed by atoms with van der Waals surface area (Å²) in [6.45, 7) is 4.50. The van der Waals surface area contributed by atoms with E-state index in [9.17, 15) is 10.1 Å². The lowest BCUT2D eigenvalue weighted by atomic mass is 9.82. The smallest absolute Gasteiger partial charge is 0.318 e. The number of allylic oxidation sites excluding steroid dienone is 1. The molecule has 2 unspecified atom stereocenters. The number of fused-ring (bicyclic) bond motifs is 3. The maximum absolute atomic E-state index is 12.7. The molecule has 2 amide bonds. The van der Waals surface area contributed by atoms with Gasteiger partial charge in [-0.05, 0) is 55.7 Å². The van der Waals surface area contributed by atoms with Crippen molar-refractivity contribution >= 4 is 12.1 Å². The number of carbonyl (C=O) groups excluding carboxylic acids is 1. The van der Waals surface area contributed by atoms with Crippen LogP contribution in [0, 0.1) is 17.2 Å². The number of amides is 2. The zero-order chi connectivity index (χ0) is 21.2. The van der Waals surface area contributed by atoms with Gasteiger partial charge >= 0.3 is 6.03 Å². The van der Waals surface area contributed by atoms with Crippen molar-refractivity contribution in [2.75, 3.05) is 13.1 Å². The Kier molecular flexibility index (Phi) is 3.86. The zero-order valence-corrected chi connectivity index (χ0v) is 17.8. The van der Waals surface area contributed by atoms with Crippen LogP contribution in [0.2, 0.25) is 0 Å². The molecule has 1 saturated heterocycles. The third-order valence-electron chi connectivity index (χ3n) is 7.50. The summed E-state index contributed by atoms with van der Waals surface area (Å²) < 4.78 is 2.12. The number of urea groups is 1. The molecule has 158 valence electrons. The van der Waals surface area contributed by atoms with Gasteiger partial charge in [0, 0.05) is 48.2 Å². The fourth-order valence-electron chi connectivity index (χ4n) is 5.34. The number of hydrogen-bond acceptors (Lipinski definition) is 4. The quantitative estimate of drug-likeness (QED) is 0.817. The Bertz CT molecular complexity index is 1150. The largest absolute Gasteiger partial charge is 0.324 e. The highest BCUT2D eigenvalue weighted by Crippen LogP contribution is 2.44. The highest BCUT2D eigenvalue weighted by Gasteiger charge is 2.50. The molecule has 4 heterocycles. The van der Waals surface area contributed by atoms with Gasteiger partial charge in [-0.25, -0.2) is 4.79 Å². The van der Waals surface area contributed by atoms with Crippen molar-refractivity contribution in [1.82, 2.24) is 25.0 Å². The number of nitrogens with zero attached hydrogens (tertiary/aromatic N) is 5. The second kappa shape index (κ2) is 6.43. The Morgan fingerprint density at radius 3 is 2.90 bits per heavy atom. The molecule has 2 aliphatic heterocycles. The summed E-state index contributed by atoms with van der Waals surface area (Å²) in [6, 6.07) is 6.54. The number of carbonyl (C=O) groups is 1. The van der Waals surface area contributed by atoms with E-state index in [4.69, 9.17) is 10.1 Å². The summed E-state index contributed by atoms with van der Waals surface area (Å²) in [5, 5.41) is 17.1. The Morgan fingerprint density at radius 1 is 1.26 bits per heavy atom. The predicted molar refractivity (Wildman–Crippen MR) is 116 cm³/mol. The molecule has 7 heteroatoms. The van der Waals surface area contributed by atoms with Crippen molar-refractivity contribution in [3.05, 3.63) is 41.4 Å². The van der Waals surface area contributed by atoms with Gasteiger partial charge in [-0.2, -0.15) is 10.4 Å². The zero-order valence-electron chi connectivity index (χ0n) is 17.8. The van der Waals surface area contributed by atoms with E-state index in [1.807, 2.05) is 11.1 Å². The molecule has 2 aliphatic carbocycles. The summed E-state index contributed by atoms with van der Waals surface area (Å²) in [5.74, 6) is 0.535. The number of nitriles is 1. The van der Waals surface area contributed by atoms with Gasteiger partial charge in [0.15, 0.2) is 0 Å². The molecule has 2 fully saturated rings. The van der Waals surface area contributed by atoms with Crippen LogP contribution < -0.4 is 5.32 Å². The molecule has 1 spiro atoms. The fourth-order valence-corrected chi connectivity index (χ4v) is 5.34. The topological polar surface area (TPSA) is 86.8 Å². The monoisotopic (exact) mass is 414 g/mol. The Hall–Kier alpha value is -3.14. The number of hydrogen-bond donors (Lipinski definition) is 1. The first-order valence-electron chi connectivity index (χ1n) is 11.2. The van der Waals surface area contributed by atoms with Gasteiger partial charge in [0.2, 0.25) is 0 Å². The average Bonchev–Trinajstić information content (AvgIpc) is 3.12. The van der Waals surface area contributed by atoms with Crippen LogP contribution in [-0.2, 0) is 18.4 Å². The van der Waals surface area contributed by atoms with E-state index in [0.717, 1.165) is 62.1 Å². The summed E-state index contributed by atoms with van der Waals surface area (Å²) in [4.78, 5) is 19.3. The third-order valence-corrected chi connectivity index (χ3v) is 7.50. The summed E-state index contributed by atoms with van der Waals surface area (Å²) in [7, 11) is 0. The number of aromatic nitrogens is 3. The minimum atomic E-state index is -0.622. The van der Waals surface area contributed by atoms with Gasteiger partial charge < -0.3 is 10.2 Å². The number of aryl methyl sites for hydroxylation is 1. The van der Waals surface area contributed by atoms with Crippen molar-refractivity contribution in [2.45, 2.75) is 56.5 Å². The first-order valence-corrected chi connectivity index (χ1v) is 11.2. The average molecular weight is 415 g/mol. The van der Waals surface area contributed by atoms with Gasteiger partial charge in [-0.15, -0.1) is 0 Å². The molecule has 2 aromatic heterocycles. The lowest BCUT2D eigenvalue weighted by Gasteiger charge is -2.24. The maximum atomic E-state index is 12.7. The first-order chi connectivity index (χ1) is 15.0. The predicted octanol–water partition coefficient (Wildman–Crippen LogP) is 3.26. The minimum Gasteiger partial charge on any atom is -0.324 e. The van der Waals surface area contributed by atoms with Crippen LogP contribution >= 0.6 is 0 Å². The second-order valence-corrected chi connectivity index (χ2v) is 9.76. The van der Waals surface area contributed by atoms with Crippen LogP contribution in [-0.4, -0.2) is 44.3 Å². The highest BCUT2D eigenvalue weighted by molar-refractivity contribution is 5.77. The number of rotatable bonds is 2. The lowest BCUT2D eigenvalue weighted by molar-refractivity contribution is 0.202. The molecule has 1 N–H and O–H groups in total. The van der Waals surface area contributed by atoms with Gasteiger partial charge in [0.25, 0.3) is 0 Å². The first kappa shape index (κ1) is 18.6. The second-order valence-electron chi connectivity index (χ2n) is 9.76. The molecule has 2 atom stereocenters. The van der Waals surface area contributed by atoms with E-state index in [1.54, 1.807) is 0 Å². The van der Waals surface area contributed by atoms with Gasteiger partial charge in [-0.3, -0.25) is 9.67 Å². The van der Waals surface area contributed by atoms with E-state index in [0.29, 0.717) is 12.5 Å². The van der Waals surface area contributed by atoms with E-state index in [-0.39, 0.29) is 11.4 Å². The van der Waals surface area contributed by atoms with Crippen LogP contribution in [0.3, 0.4) is 0 Å². The molecular weight excluding hydrogens is 388 g/mol. The van der Waals surface area contributed by atoms with Crippen molar-refractivity contribution in [2.24, 2.45) is 5.92 Å². The van der Waals surface area contributed by atoms with Crippen LogP contribution in [0.5, 0.6) is 0 Å². The normalized spacial score (nSPS) is 27.1. The number of nitrogens with one attached hydrogen (secondary N) is 1. The molecule has 2 aromatic rings. The van der Waals surface area contributed by atoms with Crippen LogP contribution in [0.1, 0.15) is 49.6 Å². The van der Waals surface area contributed by atoms with E-state index in [1.165, 1.54) is 11.3 Å². The molecule has 0 radical (unpaired) electrons. The Morgan fingerprint density at radius 2 is 2.10 bits per heavy atom. The molecule has 31 heavy (non-hydrogen) atoms. The standard InChI is InChI=1S/C24H26N6O/c1-16-2-3-17-11-18(13-26-19(17)10-16)20-12-21-23(7-9-30(21)28-20)6-8-29(15-23)22(31)27-24(14-25)4-5-24/h2-3,11-13,16H,4-10,15H2,1H3,(H,27,31). The Balaban J connectivity index is 1.24. The molecule has 4 aliphatic rings. The van der Waals surface area contributed by atoms with Gasteiger partial charge in [0.05, 0.1) is 11.8 Å². The number of pyridine rings is 1. The summed E-state index contributed by atoms with van der Waals surface area (Å²) in [6.07, 6.45) is 10.8. The summed E-state index contributed by atoms with van der Waals surface area (Å²) in [5.41, 5.74) is 4.92. The minimum absolute atomic E-state index is 0.0388. The summed E-state index contributed by atoms with van der Waals surface area (Å²) >= 11 is 0. The van der Waals surface area contributed by atoms with Crippen molar-refractivity contribution < 1.29 is 4.79 Å². The van der Waals surface area contributed by atoms with E-state index < -0.39 is 5.54 Å². The van der Waals surface area contributed by atoms with E-state index in [2.05, 4.69) is 47.3 Å². The molecular formula is C24H26N6O. The molecule has 0 bridgehead atoms.